The monoisotopic (exact) mass is 326 g/mol. The summed E-state index contributed by atoms with van der Waals surface area (Å²) in [7, 11) is 0. The van der Waals surface area contributed by atoms with Crippen LogP contribution < -0.4 is 5.56 Å². The maximum atomic E-state index is 12.2. The van der Waals surface area contributed by atoms with Gasteiger partial charge >= 0.3 is 0 Å². The number of benzene rings is 1. The molecule has 3 aromatic rings. The molecule has 108 valence electrons. The maximum Gasteiger partial charge on any atom is 0.267 e. The van der Waals surface area contributed by atoms with E-state index in [1.54, 1.807) is 23.5 Å². The van der Waals surface area contributed by atoms with Crippen LogP contribution in [-0.4, -0.2) is 4.98 Å². The van der Waals surface area contributed by atoms with Crippen LogP contribution in [0, 0.1) is 18.3 Å². The lowest BCUT2D eigenvalue weighted by atomic mass is 10.0. The van der Waals surface area contributed by atoms with E-state index in [9.17, 15) is 10.1 Å². The van der Waals surface area contributed by atoms with Crippen LogP contribution in [0.1, 0.15) is 10.4 Å². The fourth-order valence-corrected chi connectivity index (χ4v) is 3.34. The van der Waals surface area contributed by atoms with Crippen LogP contribution in [0.3, 0.4) is 0 Å². The number of nitriles is 1. The zero-order valence-corrected chi connectivity index (χ0v) is 13.3. The third-order valence-corrected chi connectivity index (χ3v) is 4.56. The van der Waals surface area contributed by atoms with Gasteiger partial charge in [-0.25, -0.2) is 0 Å². The number of nitrogens with one attached hydrogen (secondary N) is 1. The average Bonchev–Trinajstić information content (AvgIpc) is 2.93. The second kappa shape index (κ2) is 5.80. The highest BCUT2D eigenvalue weighted by Gasteiger charge is 2.13. The molecule has 1 aromatic carbocycles. The lowest BCUT2D eigenvalue weighted by molar-refractivity contribution is 1.22. The Kier molecular flexibility index (Phi) is 3.84. The fourth-order valence-electron chi connectivity index (χ4n) is 2.26. The van der Waals surface area contributed by atoms with Crippen molar-refractivity contribution in [1.82, 2.24) is 4.98 Å². The number of hydrogen-bond acceptors (Lipinski definition) is 3. The molecule has 3 nitrogen and oxygen atoms in total. The Morgan fingerprint density at radius 3 is 2.68 bits per heavy atom. The van der Waals surface area contributed by atoms with E-state index in [-0.39, 0.29) is 11.1 Å². The first kappa shape index (κ1) is 14.6. The van der Waals surface area contributed by atoms with E-state index in [4.69, 9.17) is 11.6 Å². The molecule has 2 aromatic heterocycles. The summed E-state index contributed by atoms with van der Waals surface area (Å²) < 4.78 is 0. The zero-order valence-electron chi connectivity index (χ0n) is 11.7. The van der Waals surface area contributed by atoms with Crippen molar-refractivity contribution in [2.24, 2.45) is 0 Å². The van der Waals surface area contributed by atoms with Gasteiger partial charge in [0.1, 0.15) is 11.6 Å². The summed E-state index contributed by atoms with van der Waals surface area (Å²) in [4.78, 5) is 17.0. The van der Waals surface area contributed by atoms with E-state index in [0.717, 1.165) is 15.3 Å². The highest BCUT2D eigenvalue weighted by atomic mass is 35.5. The number of halogens is 1. The van der Waals surface area contributed by atoms with Crippen LogP contribution in [0.2, 0.25) is 5.02 Å². The van der Waals surface area contributed by atoms with E-state index in [1.807, 2.05) is 43.3 Å². The van der Waals surface area contributed by atoms with Gasteiger partial charge in [-0.1, -0.05) is 23.7 Å². The largest absolute Gasteiger partial charge is 0.321 e. The Morgan fingerprint density at radius 1 is 1.23 bits per heavy atom. The van der Waals surface area contributed by atoms with Gasteiger partial charge in [-0.2, -0.15) is 5.26 Å². The van der Waals surface area contributed by atoms with Crippen molar-refractivity contribution in [1.29, 1.82) is 5.26 Å². The van der Waals surface area contributed by atoms with Crippen LogP contribution in [0.15, 0.2) is 47.3 Å². The lowest BCUT2D eigenvalue weighted by Crippen LogP contribution is -2.12. The molecule has 0 aliphatic carbocycles. The normalized spacial score (nSPS) is 10.4. The molecule has 0 amide bonds. The summed E-state index contributed by atoms with van der Waals surface area (Å²) >= 11 is 7.57. The second-order valence-corrected chi connectivity index (χ2v) is 6.56. The quantitative estimate of drug-likeness (QED) is 0.748. The molecule has 3 rings (SSSR count). The van der Waals surface area contributed by atoms with E-state index < -0.39 is 0 Å². The maximum absolute atomic E-state index is 12.2. The number of aromatic amines is 1. The van der Waals surface area contributed by atoms with Gasteiger partial charge in [0.15, 0.2) is 0 Å². The highest BCUT2D eigenvalue weighted by molar-refractivity contribution is 7.15. The predicted octanol–water partition coefficient (Wildman–Crippen LogP) is 4.60. The minimum atomic E-state index is -0.388. The van der Waals surface area contributed by atoms with Gasteiger partial charge in [-0.3, -0.25) is 4.79 Å². The molecular weight excluding hydrogens is 316 g/mol. The van der Waals surface area contributed by atoms with Crippen LogP contribution in [0.5, 0.6) is 0 Å². The first-order chi connectivity index (χ1) is 10.6. The van der Waals surface area contributed by atoms with Crippen LogP contribution >= 0.6 is 22.9 Å². The van der Waals surface area contributed by atoms with Crippen LogP contribution in [0.4, 0.5) is 0 Å². The Labute approximate surface area is 136 Å². The molecule has 0 bridgehead atoms. The number of hydrogen-bond donors (Lipinski definition) is 1. The average molecular weight is 327 g/mol. The van der Waals surface area contributed by atoms with Gasteiger partial charge < -0.3 is 4.98 Å². The van der Waals surface area contributed by atoms with Gasteiger partial charge in [0.05, 0.1) is 0 Å². The number of H-pyrrole nitrogens is 1. The molecule has 0 saturated heterocycles. The molecule has 0 atom stereocenters. The first-order valence-electron chi connectivity index (χ1n) is 6.58. The Morgan fingerprint density at radius 2 is 2.05 bits per heavy atom. The minimum Gasteiger partial charge on any atom is -0.321 e. The molecule has 0 aliphatic rings. The molecule has 0 aliphatic heterocycles. The molecule has 0 spiro atoms. The Balaban J connectivity index is 2.26. The van der Waals surface area contributed by atoms with E-state index in [2.05, 4.69) is 4.98 Å². The number of pyridine rings is 1. The highest BCUT2D eigenvalue weighted by Crippen LogP contribution is 2.31. The van der Waals surface area contributed by atoms with Crippen molar-refractivity contribution in [2.45, 2.75) is 6.92 Å². The smallest absolute Gasteiger partial charge is 0.267 e. The van der Waals surface area contributed by atoms with Gasteiger partial charge in [-0.05, 0) is 42.8 Å². The SMILES string of the molecule is Cc1ccc(-c2cc(-c3cccc(Cl)c3)[nH]c(=O)c2C#N)s1. The van der Waals surface area contributed by atoms with Crippen molar-refractivity contribution in [3.63, 3.8) is 0 Å². The predicted molar refractivity (Wildman–Crippen MR) is 90.3 cm³/mol. The molecule has 0 radical (unpaired) electrons. The minimum absolute atomic E-state index is 0.132. The van der Waals surface area contributed by atoms with E-state index in [0.29, 0.717) is 16.3 Å². The Hall–Kier alpha value is -2.35. The molecule has 5 heteroatoms. The van der Waals surface area contributed by atoms with Gasteiger partial charge in [-0.15, -0.1) is 11.3 Å². The molecule has 2 heterocycles. The summed E-state index contributed by atoms with van der Waals surface area (Å²) in [5, 5.41) is 9.88. The summed E-state index contributed by atoms with van der Waals surface area (Å²) in [5.41, 5.74) is 1.85. The van der Waals surface area contributed by atoms with Gasteiger partial charge in [0, 0.05) is 26.0 Å². The second-order valence-electron chi connectivity index (χ2n) is 4.83. The van der Waals surface area contributed by atoms with Crippen LogP contribution in [-0.2, 0) is 0 Å². The number of aryl methyl sites for hydroxylation is 1. The molecular formula is C17H11ClN2OS. The van der Waals surface area contributed by atoms with Crippen LogP contribution in [0.25, 0.3) is 21.7 Å². The third kappa shape index (κ3) is 2.69. The number of thiophene rings is 1. The lowest BCUT2D eigenvalue weighted by Gasteiger charge is -2.07. The topological polar surface area (TPSA) is 56.6 Å². The van der Waals surface area contributed by atoms with Crippen molar-refractivity contribution in [2.75, 3.05) is 0 Å². The summed E-state index contributed by atoms with van der Waals surface area (Å²) in [5.74, 6) is 0. The van der Waals surface area contributed by atoms with Crippen molar-refractivity contribution >= 4 is 22.9 Å². The van der Waals surface area contributed by atoms with E-state index >= 15 is 0 Å². The number of aromatic nitrogens is 1. The van der Waals surface area contributed by atoms with E-state index in [1.165, 1.54) is 0 Å². The molecule has 0 unspecified atom stereocenters. The standard InChI is InChI=1S/C17H11ClN2OS/c1-10-5-6-16(22-10)13-8-15(20-17(21)14(13)9-19)11-3-2-4-12(18)7-11/h2-8H,1H3,(H,20,21). The zero-order chi connectivity index (χ0) is 15.7. The van der Waals surface area contributed by atoms with Crippen molar-refractivity contribution in [3.8, 4) is 27.8 Å². The third-order valence-electron chi connectivity index (χ3n) is 3.29. The molecule has 0 fully saturated rings. The molecule has 22 heavy (non-hydrogen) atoms. The van der Waals surface area contributed by atoms with Crippen molar-refractivity contribution < 1.29 is 0 Å². The number of nitrogens with zero attached hydrogens (tertiary/aromatic N) is 1. The first-order valence-corrected chi connectivity index (χ1v) is 7.78. The van der Waals surface area contributed by atoms with Crippen molar-refractivity contribution in [3.05, 3.63) is 68.3 Å². The summed E-state index contributed by atoms with van der Waals surface area (Å²) in [6, 6.07) is 15.0. The fraction of sp³-hybridized carbons (Fsp3) is 0.0588. The molecule has 1 N–H and O–H groups in total. The Bertz CT molecular complexity index is 950. The summed E-state index contributed by atoms with van der Waals surface area (Å²) in [6.45, 7) is 1.99. The summed E-state index contributed by atoms with van der Waals surface area (Å²) in [6.07, 6.45) is 0. The number of rotatable bonds is 2. The van der Waals surface area contributed by atoms with Gasteiger partial charge in [0.25, 0.3) is 5.56 Å². The van der Waals surface area contributed by atoms with Gasteiger partial charge in [0.2, 0.25) is 0 Å². The molecule has 0 saturated carbocycles.